The molecule has 0 spiro atoms. The first-order valence-corrected chi connectivity index (χ1v) is 18.6. The van der Waals surface area contributed by atoms with E-state index in [9.17, 15) is 0 Å². The van der Waals surface area contributed by atoms with Crippen LogP contribution in [0.25, 0.3) is 22.3 Å². The number of hydrogen-bond acceptors (Lipinski definition) is 0. The van der Waals surface area contributed by atoms with Gasteiger partial charge in [0.2, 0.25) is 0 Å². The first-order chi connectivity index (χ1) is 24.5. The highest BCUT2D eigenvalue weighted by atomic mass is 14.2. The van der Waals surface area contributed by atoms with Crippen molar-refractivity contribution in [1.29, 1.82) is 0 Å². The molecular weight excluding hydrogens is 601 g/mol. The maximum Gasteiger partial charge on any atom is -0.0181 e. The van der Waals surface area contributed by atoms with Crippen molar-refractivity contribution in [2.45, 2.75) is 94.4 Å². The Balaban J connectivity index is 0.00000176. The topological polar surface area (TPSA) is 0 Å². The van der Waals surface area contributed by atoms with E-state index in [4.69, 9.17) is 0 Å². The fraction of sp³-hybridized carbons (Fsp3) is 0.280. The second-order valence-corrected chi connectivity index (χ2v) is 11.0. The summed E-state index contributed by atoms with van der Waals surface area (Å²) in [7, 11) is 0. The van der Waals surface area contributed by atoms with Crippen LogP contribution in [0.1, 0.15) is 117 Å². The Morgan fingerprint density at radius 1 is 0.700 bits per heavy atom. The first kappa shape index (κ1) is 45.3. The minimum Gasteiger partial charge on any atom is -0.106 e. The van der Waals surface area contributed by atoms with Crippen LogP contribution in [0.4, 0.5) is 0 Å². The van der Waals surface area contributed by atoms with Crippen molar-refractivity contribution in [2.75, 3.05) is 0 Å². The normalized spacial score (nSPS) is 14.7. The molecule has 0 saturated heterocycles. The molecule has 0 aliphatic heterocycles. The van der Waals surface area contributed by atoms with E-state index in [1.807, 2.05) is 71.9 Å². The van der Waals surface area contributed by atoms with Crippen LogP contribution in [-0.4, -0.2) is 0 Å². The van der Waals surface area contributed by atoms with Gasteiger partial charge in [0.1, 0.15) is 0 Å². The Morgan fingerprint density at radius 2 is 1.32 bits per heavy atom. The van der Waals surface area contributed by atoms with Crippen molar-refractivity contribution in [1.82, 2.24) is 0 Å². The molecule has 2 aromatic rings. The van der Waals surface area contributed by atoms with Crippen LogP contribution < -0.4 is 0 Å². The lowest BCUT2D eigenvalue weighted by Crippen LogP contribution is -1.92. The van der Waals surface area contributed by atoms with Gasteiger partial charge >= 0.3 is 0 Å². The van der Waals surface area contributed by atoms with Crippen LogP contribution in [0.15, 0.2) is 171 Å². The van der Waals surface area contributed by atoms with E-state index < -0.39 is 0 Å². The summed E-state index contributed by atoms with van der Waals surface area (Å²) in [5.74, 6) is 0. The smallest absolute Gasteiger partial charge is 0.0181 e. The Kier molecular flexibility index (Phi) is 26.5. The van der Waals surface area contributed by atoms with Gasteiger partial charge < -0.3 is 0 Å². The molecule has 0 heterocycles. The maximum absolute atomic E-state index is 4.09. The first-order valence-electron chi connectivity index (χ1n) is 18.6. The predicted molar refractivity (Wildman–Crippen MR) is 233 cm³/mol. The number of allylic oxidation sites excluding steroid dienone is 21. The van der Waals surface area contributed by atoms with Gasteiger partial charge in [-0.25, -0.2) is 0 Å². The average molecular weight is 667 g/mol. The van der Waals surface area contributed by atoms with Crippen molar-refractivity contribution in [3.8, 4) is 0 Å². The molecule has 0 atom stereocenters. The highest BCUT2D eigenvalue weighted by molar-refractivity contribution is 5.87. The standard InChI is InChI=1S/C38H40.C6H10.2C2H6.C2H4/c1-5-8-16-29(4)33-21-14-23-37(26-33)35-19-12-13-20-36(28-35)38-24-15-22-34(27-38)31(7-3)25-30(6-2)32-17-10-9-11-18-32;1-3-5-6-4-2;3*1-2/h5-8,10,14-19,21-28H,2,9,11-13,20H2,1,3-4H3;3-6H,1-2H3;2*1-2H3;1-2H2/b8-5-,29-16+,30-25+,31-7+;5-3-,6-4-;;;. The third-order valence-electron chi connectivity index (χ3n) is 7.77. The molecule has 2 aliphatic carbocycles. The van der Waals surface area contributed by atoms with Crippen LogP contribution in [0.3, 0.4) is 0 Å². The van der Waals surface area contributed by atoms with Gasteiger partial charge in [0, 0.05) is 0 Å². The van der Waals surface area contributed by atoms with Crippen LogP contribution in [0.5, 0.6) is 0 Å². The van der Waals surface area contributed by atoms with Gasteiger partial charge in [-0.05, 0) is 141 Å². The summed E-state index contributed by atoms with van der Waals surface area (Å²) >= 11 is 0. The van der Waals surface area contributed by atoms with Crippen LogP contribution in [-0.2, 0) is 0 Å². The summed E-state index contributed by atoms with van der Waals surface area (Å²) in [6.07, 6.45) is 38.0. The molecule has 0 bridgehead atoms. The maximum atomic E-state index is 4.09. The van der Waals surface area contributed by atoms with Crippen molar-refractivity contribution in [3.05, 3.63) is 193 Å². The van der Waals surface area contributed by atoms with Gasteiger partial charge in [0.05, 0.1) is 0 Å². The lowest BCUT2D eigenvalue weighted by molar-refractivity contribution is 0.887. The van der Waals surface area contributed by atoms with Crippen molar-refractivity contribution < 1.29 is 0 Å². The number of benzene rings is 2. The molecule has 2 aromatic carbocycles. The molecule has 4 rings (SSSR count). The summed E-state index contributed by atoms with van der Waals surface area (Å²) in [5.41, 5.74) is 12.8. The second kappa shape index (κ2) is 29.3. The molecule has 0 radical (unpaired) electrons. The Morgan fingerprint density at radius 3 is 1.90 bits per heavy atom. The van der Waals surface area contributed by atoms with Crippen molar-refractivity contribution >= 4 is 22.3 Å². The minimum atomic E-state index is 1.08. The van der Waals surface area contributed by atoms with Gasteiger partial charge in [-0.1, -0.05) is 156 Å². The molecular formula is C50H66. The zero-order valence-corrected chi connectivity index (χ0v) is 32.9. The van der Waals surface area contributed by atoms with Crippen LogP contribution in [0, 0.1) is 0 Å². The zero-order valence-electron chi connectivity index (χ0n) is 32.9. The molecule has 0 fully saturated rings. The Hall–Kier alpha value is -4.68. The molecule has 0 N–H and O–H groups in total. The molecule has 266 valence electrons. The minimum absolute atomic E-state index is 1.08. The quantitative estimate of drug-likeness (QED) is 0.185. The second-order valence-electron chi connectivity index (χ2n) is 11.0. The van der Waals surface area contributed by atoms with Gasteiger partial charge in [-0.2, -0.15) is 0 Å². The third kappa shape index (κ3) is 16.1. The van der Waals surface area contributed by atoms with E-state index in [2.05, 4.69) is 150 Å². The molecule has 0 amide bonds. The number of hydrogen-bond donors (Lipinski definition) is 0. The summed E-state index contributed by atoms with van der Waals surface area (Å²) in [6, 6.07) is 18.0. The fourth-order valence-electron chi connectivity index (χ4n) is 5.29. The highest BCUT2D eigenvalue weighted by Gasteiger charge is 2.11. The van der Waals surface area contributed by atoms with E-state index in [0.717, 1.165) is 32.1 Å². The lowest BCUT2D eigenvalue weighted by atomic mass is 9.92. The third-order valence-corrected chi connectivity index (χ3v) is 7.77. The zero-order chi connectivity index (χ0) is 37.6. The predicted octanol–water partition coefficient (Wildman–Crippen LogP) is 16.1. The van der Waals surface area contributed by atoms with E-state index in [1.165, 1.54) is 55.7 Å². The summed E-state index contributed by atoms with van der Waals surface area (Å²) in [4.78, 5) is 0. The summed E-state index contributed by atoms with van der Waals surface area (Å²) in [5, 5.41) is 0. The average Bonchev–Trinajstić information content (AvgIpc) is 3.46. The molecule has 2 aliphatic rings. The summed E-state index contributed by atoms with van der Waals surface area (Å²) < 4.78 is 0. The lowest BCUT2D eigenvalue weighted by Gasteiger charge is -2.13. The van der Waals surface area contributed by atoms with Gasteiger partial charge in [-0.15, -0.1) is 13.2 Å². The largest absolute Gasteiger partial charge is 0.106 e. The highest BCUT2D eigenvalue weighted by Crippen LogP contribution is 2.33. The monoisotopic (exact) mass is 667 g/mol. The molecule has 0 heteroatoms. The molecule has 50 heavy (non-hydrogen) atoms. The fourth-order valence-corrected chi connectivity index (χ4v) is 5.29. The molecule has 0 saturated carbocycles. The van der Waals surface area contributed by atoms with E-state index in [1.54, 1.807) is 0 Å². The Bertz CT molecular complexity index is 1570. The van der Waals surface area contributed by atoms with Gasteiger partial charge in [0.25, 0.3) is 0 Å². The SMILES string of the molecule is C/C=C\C=C/C.C=C.C=C/C(=C\C(=C/C)c1cccc(C2=CC(c3cccc(/C(C)=C/C=C\C)c3)=CCCC2)c1)C1=CCCC=C1.CC.CC. The molecule has 0 nitrogen and oxygen atoms in total. The van der Waals surface area contributed by atoms with Gasteiger partial charge in [0.15, 0.2) is 0 Å². The summed E-state index contributed by atoms with van der Waals surface area (Å²) in [6.45, 7) is 28.4. The van der Waals surface area contributed by atoms with Crippen LogP contribution >= 0.6 is 0 Å². The number of rotatable bonds is 9. The molecule has 0 aromatic heterocycles. The van der Waals surface area contributed by atoms with Crippen molar-refractivity contribution in [3.63, 3.8) is 0 Å². The van der Waals surface area contributed by atoms with E-state index in [0.29, 0.717) is 0 Å². The van der Waals surface area contributed by atoms with E-state index in [-0.39, 0.29) is 0 Å². The van der Waals surface area contributed by atoms with Crippen molar-refractivity contribution in [2.24, 2.45) is 0 Å². The molecule has 0 unspecified atom stereocenters. The van der Waals surface area contributed by atoms with Crippen LogP contribution in [0.2, 0.25) is 0 Å². The van der Waals surface area contributed by atoms with E-state index >= 15 is 0 Å². The van der Waals surface area contributed by atoms with Gasteiger partial charge in [-0.3, -0.25) is 0 Å². The Labute approximate surface area is 308 Å².